The molecule has 0 aliphatic rings. The number of aliphatic hydroxyl groups excluding tert-OH is 1. The monoisotopic (exact) mass is 594 g/mol. The first-order valence-corrected chi connectivity index (χ1v) is 14.7. The van der Waals surface area contributed by atoms with Crippen molar-refractivity contribution < 1.29 is 33.7 Å². The van der Waals surface area contributed by atoms with Crippen molar-refractivity contribution in [2.24, 2.45) is 11.8 Å². The number of methoxy groups -OCH3 is 1. The van der Waals surface area contributed by atoms with Crippen molar-refractivity contribution in [3.05, 3.63) is 97.1 Å². The lowest BCUT2D eigenvalue weighted by Gasteiger charge is -2.30. The number of hydrogen-bond donors (Lipinski definition) is 3. The summed E-state index contributed by atoms with van der Waals surface area (Å²) in [6.45, 7) is 8.23. The minimum Gasteiger partial charge on any atom is -0.455 e. The highest BCUT2D eigenvalue weighted by Crippen LogP contribution is 2.27. The number of benzene rings is 2. The Morgan fingerprint density at radius 3 is 2.28 bits per heavy atom. The Morgan fingerprint density at radius 2 is 1.65 bits per heavy atom. The van der Waals surface area contributed by atoms with Gasteiger partial charge in [-0.05, 0) is 36.8 Å². The lowest BCUT2D eigenvalue weighted by Crippen LogP contribution is -2.47. The van der Waals surface area contributed by atoms with Crippen molar-refractivity contribution >= 4 is 17.8 Å². The molecule has 4 unspecified atom stereocenters. The second-order valence-corrected chi connectivity index (χ2v) is 10.2. The van der Waals surface area contributed by atoms with Gasteiger partial charge in [0.1, 0.15) is 6.10 Å². The van der Waals surface area contributed by atoms with Gasteiger partial charge in [0.25, 0.3) is 0 Å². The molecule has 2 aromatic carbocycles. The Balaban J connectivity index is 2.23. The molecule has 0 spiro atoms. The van der Waals surface area contributed by atoms with Crippen molar-refractivity contribution in [3.8, 4) is 0 Å². The SMILES string of the molecule is C=CCCC(Cc1ccccc1)C(=O)OC(c1ccccc1)C(COC)NC(=O)C(CC=C)CC(=O)NCCOCCO. The molecule has 9 nitrogen and oxygen atoms in total. The predicted octanol–water partition coefficient (Wildman–Crippen LogP) is 3.93. The number of esters is 1. The summed E-state index contributed by atoms with van der Waals surface area (Å²) in [6.07, 6.45) is 4.49. The molecule has 234 valence electrons. The molecule has 0 aliphatic heterocycles. The van der Waals surface area contributed by atoms with Gasteiger partial charge in [0.2, 0.25) is 11.8 Å². The highest BCUT2D eigenvalue weighted by molar-refractivity contribution is 5.86. The molecule has 0 saturated carbocycles. The van der Waals surface area contributed by atoms with Gasteiger partial charge in [0, 0.05) is 20.1 Å². The van der Waals surface area contributed by atoms with E-state index in [4.69, 9.17) is 19.3 Å². The van der Waals surface area contributed by atoms with E-state index in [0.717, 1.165) is 5.56 Å². The van der Waals surface area contributed by atoms with Crippen LogP contribution in [-0.4, -0.2) is 69.0 Å². The lowest BCUT2D eigenvalue weighted by molar-refractivity contribution is -0.158. The van der Waals surface area contributed by atoms with E-state index < -0.39 is 24.0 Å². The molecule has 0 heterocycles. The number of allylic oxidation sites excluding steroid dienone is 2. The second-order valence-electron chi connectivity index (χ2n) is 10.2. The molecular formula is C34H46N2O7. The largest absolute Gasteiger partial charge is 0.455 e. The quantitative estimate of drug-likeness (QED) is 0.107. The van der Waals surface area contributed by atoms with Crippen LogP contribution in [0.1, 0.15) is 42.9 Å². The number of carbonyl (C=O) groups excluding carboxylic acids is 3. The van der Waals surface area contributed by atoms with Crippen molar-refractivity contribution in [1.82, 2.24) is 10.6 Å². The molecule has 0 fully saturated rings. The molecule has 9 heteroatoms. The second kappa shape index (κ2) is 21.0. The summed E-state index contributed by atoms with van der Waals surface area (Å²) in [6, 6.07) is 18.3. The first-order chi connectivity index (χ1) is 20.9. The van der Waals surface area contributed by atoms with Crippen LogP contribution in [0.25, 0.3) is 0 Å². The Morgan fingerprint density at radius 1 is 0.953 bits per heavy atom. The maximum absolute atomic E-state index is 13.7. The Labute approximate surface area is 255 Å². The van der Waals surface area contributed by atoms with Crippen LogP contribution in [0.3, 0.4) is 0 Å². The number of ether oxygens (including phenoxy) is 3. The molecule has 3 N–H and O–H groups in total. The summed E-state index contributed by atoms with van der Waals surface area (Å²) < 4.78 is 16.8. The minimum atomic E-state index is -0.832. The molecule has 0 aromatic heterocycles. The number of nitrogens with one attached hydrogen (secondary N) is 2. The van der Waals surface area contributed by atoms with E-state index in [1.807, 2.05) is 60.7 Å². The van der Waals surface area contributed by atoms with E-state index in [2.05, 4.69) is 23.8 Å². The molecule has 2 amide bonds. The third kappa shape index (κ3) is 13.4. The van der Waals surface area contributed by atoms with Crippen LogP contribution in [0.5, 0.6) is 0 Å². The molecule has 0 bridgehead atoms. The molecular weight excluding hydrogens is 548 g/mol. The highest BCUT2D eigenvalue weighted by Gasteiger charge is 2.33. The van der Waals surface area contributed by atoms with Crippen LogP contribution < -0.4 is 10.6 Å². The van der Waals surface area contributed by atoms with Gasteiger partial charge in [-0.25, -0.2) is 0 Å². The fourth-order valence-electron chi connectivity index (χ4n) is 4.66. The molecule has 2 rings (SSSR count). The number of hydrogen-bond acceptors (Lipinski definition) is 7. The Kier molecular flexibility index (Phi) is 17.3. The van der Waals surface area contributed by atoms with Gasteiger partial charge < -0.3 is 30.0 Å². The van der Waals surface area contributed by atoms with E-state index in [0.29, 0.717) is 24.8 Å². The van der Waals surface area contributed by atoms with Crippen molar-refractivity contribution in [3.63, 3.8) is 0 Å². The zero-order valence-corrected chi connectivity index (χ0v) is 25.1. The van der Waals surface area contributed by atoms with Crippen LogP contribution in [0, 0.1) is 11.8 Å². The smallest absolute Gasteiger partial charge is 0.309 e. The molecule has 2 aromatic rings. The van der Waals surface area contributed by atoms with Crippen LogP contribution >= 0.6 is 0 Å². The van der Waals surface area contributed by atoms with Crippen LogP contribution in [0.4, 0.5) is 0 Å². The van der Waals surface area contributed by atoms with Gasteiger partial charge in [-0.2, -0.15) is 0 Å². The van der Waals surface area contributed by atoms with Gasteiger partial charge in [0.15, 0.2) is 0 Å². The predicted molar refractivity (Wildman–Crippen MR) is 166 cm³/mol. The molecule has 43 heavy (non-hydrogen) atoms. The van der Waals surface area contributed by atoms with Crippen LogP contribution in [-0.2, 0) is 35.0 Å². The normalized spacial score (nSPS) is 13.6. The van der Waals surface area contributed by atoms with E-state index in [-0.39, 0.29) is 63.6 Å². The number of aliphatic hydroxyl groups is 1. The molecule has 0 radical (unpaired) electrons. The van der Waals surface area contributed by atoms with Crippen molar-refractivity contribution in [2.75, 3.05) is 40.1 Å². The summed E-state index contributed by atoms with van der Waals surface area (Å²) in [5, 5.41) is 14.5. The summed E-state index contributed by atoms with van der Waals surface area (Å²) >= 11 is 0. The minimum absolute atomic E-state index is 0.0615. The number of carbonyl (C=O) groups is 3. The van der Waals surface area contributed by atoms with Gasteiger partial charge in [-0.3, -0.25) is 14.4 Å². The standard InChI is InChI=1S/C34H46N2O7/c1-4-6-16-29(23-26-14-9-7-10-15-26)34(40)43-32(27-17-11-8-12-18-27)30(25-41-3)36-33(39)28(13-5-2)24-31(38)35-19-21-42-22-20-37/h4-5,7-12,14-15,17-18,28-30,32,37H,1-2,6,13,16,19-25H2,3H3,(H,35,38)(H,36,39). The highest BCUT2D eigenvalue weighted by atomic mass is 16.5. The van der Waals surface area contributed by atoms with Gasteiger partial charge in [-0.1, -0.05) is 72.8 Å². The van der Waals surface area contributed by atoms with Crippen LogP contribution in [0.2, 0.25) is 0 Å². The third-order valence-corrected chi connectivity index (χ3v) is 6.85. The van der Waals surface area contributed by atoms with E-state index in [9.17, 15) is 14.4 Å². The molecule has 0 saturated heterocycles. The zero-order valence-electron chi connectivity index (χ0n) is 25.1. The average Bonchev–Trinajstić information content (AvgIpc) is 3.02. The first-order valence-electron chi connectivity index (χ1n) is 14.7. The summed E-state index contributed by atoms with van der Waals surface area (Å²) in [5.74, 6) is -2.17. The summed E-state index contributed by atoms with van der Waals surface area (Å²) in [5.41, 5.74) is 1.73. The zero-order chi connectivity index (χ0) is 31.3. The van der Waals surface area contributed by atoms with E-state index >= 15 is 0 Å². The maximum atomic E-state index is 13.7. The topological polar surface area (TPSA) is 123 Å². The van der Waals surface area contributed by atoms with E-state index in [1.165, 1.54) is 7.11 Å². The van der Waals surface area contributed by atoms with Crippen LogP contribution in [0.15, 0.2) is 86.0 Å². The fraction of sp³-hybridized carbons (Fsp3) is 0.441. The number of rotatable bonds is 22. The fourth-order valence-corrected chi connectivity index (χ4v) is 4.66. The van der Waals surface area contributed by atoms with Crippen molar-refractivity contribution in [2.45, 2.75) is 44.2 Å². The van der Waals surface area contributed by atoms with Gasteiger partial charge in [-0.15, -0.1) is 13.2 Å². The Bertz CT molecular complexity index is 1110. The first kappa shape index (κ1) is 35.4. The van der Waals surface area contributed by atoms with Crippen molar-refractivity contribution in [1.29, 1.82) is 0 Å². The lowest BCUT2D eigenvalue weighted by atomic mass is 9.94. The molecule has 4 atom stereocenters. The average molecular weight is 595 g/mol. The summed E-state index contributed by atoms with van der Waals surface area (Å²) in [7, 11) is 1.51. The maximum Gasteiger partial charge on any atom is 0.309 e. The summed E-state index contributed by atoms with van der Waals surface area (Å²) in [4.78, 5) is 39.7. The molecule has 0 aliphatic carbocycles. The van der Waals surface area contributed by atoms with Gasteiger partial charge >= 0.3 is 5.97 Å². The number of amides is 2. The van der Waals surface area contributed by atoms with Gasteiger partial charge in [0.05, 0.1) is 44.3 Å². The Hall–Kier alpha value is -3.79. The third-order valence-electron chi connectivity index (χ3n) is 6.85. The van der Waals surface area contributed by atoms with E-state index in [1.54, 1.807) is 12.2 Å².